The van der Waals surface area contributed by atoms with Crippen molar-refractivity contribution < 1.29 is 4.79 Å². The highest BCUT2D eigenvalue weighted by atomic mass is 16.1. The second-order valence-corrected chi connectivity index (χ2v) is 4.27. The fourth-order valence-corrected chi connectivity index (χ4v) is 1.39. The van der Waals surface area contributed by atoms with E-state index >= 15 is 0 Å². The van der Waals surface area contributed by atoms with E-state index in [0.29, 0.717) is 13.0 Å². The molecule has 0 aliphatic heterocycles. The Bertz CT molecular complexity index is 330. The molecule has 3 nitrogen and oxygen atoms in total. The molecule has 16 heavy (non-hydrogen) atoms. The monoisotopic (exact) mass is 220 g/mol. The predicted octanol–water partition coefficient (Wildman–Crippen LogP) is 2.32. The summed E-state index contributed by atoms with van der Waals surface area (Å²) >= 11 is 0. The molecule has 1 aromatic carbocycles. The number of benzene rings is 1. The second-order valence-electron chi connectivity index (χ2n) is 4.27. The van der Waals surface area contributed by atoms with E-state index in [4.69, 9.17) is 0 Å². The number of hydrogen-bond acceptors (Lipinski definition) is 2. The number of anilines is 1. The molecule has 0 aromatic heterocycles. The van der Waals surface area contributed by atoms with Crippen LogP contribution in [0.4, 0.5) is 5.69 Å². The van der Waals surface area contributed by atoms with E-state index < -0.39 is 0 Å². The number of nitrogens with one attached hydrogen (secondary N) is 2. The number of hydrogen-bond donors (Lipinski definition) is 2. The first-order chi connectivity index (χ1) is 7.58. The maximum absolute atomic E-state index is 11.3. The standard InChI is InChI=1S/C13H20N2O/c1-10(2)15-13(16)8-9-14-12-6-4-11(3)5-7-12/h4-7,10,14H,8-9H2,1-3H3,(H,15,16). The van der Waals surface area contributed by atoms with Crippen molar-refractivity contribution in [1.29, 1.82) is 0 Å². The minimum absolute atomic E-state index is 0.0922. The summed E-state index contributed by atoms with van der Waals surface area (Å²) in [5, 5.41) is 6.07. The van der Waals surface area contributed by atoms with Crippen molar-refractivity contribution in [3.05, 3.63) is 29.8 Å². The third kappa shape index (κ3) is 4.82. The topological polar surface area (TPSA) is 41.1 Å². The quantitative estimate of drug-likeness (QED) is 0.799. The molecule has 3 heteroatoms. The van der Waals surface area contributed by atoms with Gasteiger partial charge in [0.1, 0.15) is 0 Å². The van der Waals surface area contributed by atoms with Gasteiger partial charge in [0.05, 0.1) is 0 Å². The van der Waals surface area contributed by atoms with Gasteiger partial charge in [0.15, 0.2) is 0 Å². The molecular weight excluding hydrogens is 200 g/mol. The van der Waals surface area contributed by atoms with Gasteiger partial charge in [-0.25, -0.2) is 0 Å². The van der Waals surface area contributed by atoms with E-state index in [9.17, 15) is 4.79 Å². The van der Waals surface area contributed by atoms with Gasteiger partial charge in [0.2, 0.25) is 5.91 Å². The van der Waals surface area contributed by atoms with Crippen molar-refractivity contribution in [2.45, 2.75) is 33.2 Å². The second kappa shape index (κ2) is 6.16. The Morgan fingerprint density at radius 1 is 1.25 bits per heavy atom. The van der Waals surface area contributed by atoms with Gasteiger partial charge >= 0.3 is 0 Å². The molecule has 0 bridgehead atoms. The summed E-state index contributed by atoms with van der Waals surface area (Å²) in [6.45, 7) is 6.65. The van der Waals surface area contributed by atoms with Crippen LogP contribution in [-0.2, 0) is 4.79 Å². The van der Waals surface area contributed by atoms with Gasteiger partial charge in [0.25, 0.3) is 0 Å². The SMILES string of the molecule is Cc1ccc(NCCC(=O)NC(C)C)cc1. The predicted molar refractivity (Wildman–Crippen MR) is 67.6 cm³/mol. The first-order valence-electron chi connectivity index (χ1n) is 5.68. The first kappa shape index (κ1) is 12.6. The minimum Gasteiger partial charge on any atom is -0.385 e. The van der Waals surface area contributed by atoms with Gasteiger partial charge in [-0.1, -0.05) is 17.7 Å². The van der Waals surface area contributed by atoms with Crippen LogP contribution in [-0.4, -0.2) is 18.5 Å². The largest absolute Gasteiger partial charge is 0.385 e. The van der Waals surface area contributed by atoms with E-state index in [1.54, 1.807) is 0 Å². The molecule has 1 aromatic rings. The Morgan fingerprint density at radius 2 is 1.88 bits per heavy atom. The van der Waals surface area contributed by atoms with Crippen LogP contribution in [0.15, 0.2) is 24.3 Å². The van der Waals surface area contributed by atoms with Crippen molar-refractivity contribution in [2.24, 2.45) is 0 Å². The van der Waals surface area contributed by atoms with Gasteiger partial charge < -0.3 is 10.6 Å². The number of carbonyl (C=O) groups is 1. The van der Waals surface area contributed by atoms with Crippen molar-refractivity contribution in [2.75, 3.05) is 11.9 Å². The van der Waals surface area contributed by atoms with Crippen molar-refractivity contribution >= 4 is 11.6 Å². The fraction of sp³-hybridized carbons (Fsp3) is 0.462. The molecule has 88 valence electrons. The number of amides is 1. The van der Waals surface area contributed by atoms with Crippen LogP contribution in [0.3, 0.4) is 0 Å². The maximum atomic E-state index is 11.3. The average Bonchev–Trinajstić information content (AvgIpc) is 2.20. The number of aryl methyl sites for hydroxylation is 1. The number of carbonyl (C=O) groups excluding carboxylic acids is 1. The molecule has 1 rings (SSSR count). The van der Waals surface area contributed by atoms with Crippen LogP contribution >= 0.6 is 0 Å². The van der Waals surface area contributed by atoms with Gasteiger partial charge in [0, 0.05) is 24.7 Å². The van der Waals surface area contributed by atoms with Crippen LogP contribution in [0.25, 0.3) is 0 Å². The number of rotatable bonds is 5. The summed E-state index contributed by atoms with van der Waals surface area (Å²) in [4.78, 5) is 11.3. The normalized spacial score (nSPS) is 10.2. The lowest BCUT2D eigenvalue weighted by atomic mass is 10.2. The van der Waals surface area contributed by atoms with E-state index in [1.807, 2.05) is 26.0 Å². The van der Waals surface area contributed by atoms with Gasteiger partial charge in [-0.3, -0.25) is 4.79 Å². The van der Waals surface area contributed by atoms with Crippen molar-refractivity contribution in [3.8, 4) is 0 Å². The molecule has 0 aliphatic carbocycles. The Labute approximate surface area is 97.2 Å². The van der Waals surface area contributed by atoms with E-state index in [1.165, 1.54) is 5.56 Å². The molecular formula is C13H20N2O. The lowest BCUT2D eigenvalue weighted by Crippen LogP contribution is -2.31. The van der Waals surface area contributed by atoms with Crippen LogP contribution in [0, 0.1) is 6.92 Å². The van der Waals surface area contributed by atoms with Crippen LogP contribution in [0.2, 0.25) is 0 Å². The fourth-order valence-electron chi connectivity index (χ4n) is 1.39. The molecule has 2 N–H and O–H groups in total. The molecule has 0 radical (unpaired) electrons. The van der Waals surface area contributed by atoms with Gasteiger partial charge in [-0.05, 0) is 32.9 Å². The summed E-state index contributed by atoms with van der Waals surface area (Å²) < 4.78 is 0. The zero-order valence-electron chi connectivity index (χ0n) is 10.2. The highest BCUT2D eigenvalue weighted by Crippen LogP contribution is 2.08. The molecule has 0 spiro atoms. The Balaban J connectivity index is 2.25. The molecule has 0 aliphatic rings. The third-order valence-corrected chi connectivity index (χ3v) is 2.18. The molecule has 0 heterocycles. The zero-order chi connectivity index (χ0) is 12.0. The lowest BCUT2D eigenvalue weighted by Gasteiger charge is -2.09. The zero-order valence-corrected chi connectivity index (χ0v) is 10.2. The summed E-state index contributed by atoms with van der Waals surface area (Å²) in [5.41, 5.74) is 2.30. The molecule has 0 saturated heterocycles. The third-order valence-electron chi connectivity index (χ3n) is 2.18. The van der Waals surface area contributed by atoms with E-state index in [2.05, 4.69) is 29.7 Å². The Morgan fingerprint density at radius 3 is 2.44 bits per heavy atom. The Hall–Kier alpha value is -1.51. The summed E-state index contributed by atoms with van der Waals surface area (Å²) in [6.07, 6.45) is 0.506. The Kier molecular flexibility index (Phi) is 4.83. The smallest absolute Gasteiger partial charge is 0.221 e. The summed E-state index contributed by atoms with van der Waals surface area (Å²) in [5.74, 6) is 0.0922. The molecule has 0 saturated carbocycles. The van der Waals surface area contributed by atoms with E-state index in [0.717, 1.165) is 5.69 Å². The first-order valence-corrected chi connectivity index (χ1v) is 5.68. The maximum Gasteiger partial charge on any atom is 0.221 e. The molecule has 0 atom stereocenters. The summed E-state index contributed by atoms with van der Waals surface area (Å²) in [6, 6.07) is 8.37. The minimum atomic E-state index is 0.0922. The average molecular weight is 220 g/mol. The lowest BCUT2D eigenvalue weighted by molar-refractivity contribution is -0.121. The van der Waals surface area contributed by atoms with Gasteiger partial charge in [-0.15, -0.1) is 0 Å². The highest BCUT2D eigenvalue weighted by Gasteiger charge is 2.02. The summed E-state index contributed by atoms with van der Waals surface area (Å²) in [7, 11) is 0. The van der Waals surface area contributed by atoms with Crippen LogP contribution in [0.1, 0.15) is 25.8 Å². The molecule has 0 fully saturated rings. The van der Waals surface area contributed by atoms with Crippen molar-refractivity contribution in [3.63, 3.8) is 0 Å². The molecule has 0 unspecified atom stereocenters. The highest BCUT2D eigenvalue weighted by molar-refractivity contribution is 5.76. The molecule has 1 amide bonds. The van der Waals surface area contributed by atoms with E-state index in [-0.39, 0.29) is 11.9 Å². The van der Waals surface area contributed by atoms with Crippen molar-refractivity contribution in [1.82, 2.24) is 5.32 Å². The van der Waals surface area contributed by atoms with Gasteiger partial charge in [-0.2, -0.15) is 0 Å². The van der Waals surface area contributed by atoms with Crippen LogP contribution < -0.4 is 10.6 Å². The van der Waals surface area contributed by atoms with Crippen LogP contribution in [0.5, 0.6) is 0 Å².